The summed E-state index contributed by atoms with van der Waals surface area (Å²) >= 11 is 0. The Bertz CT molecular complexity index is 1270. The van der Waals surface area contributed by atoms with Crippen LogP contribution < -0.4 is 20.3 Å². The second-order valence-corrected chi connectivity index (χ2v) is 7.25. The van der Waals surface area contributed by atoms with Crippen LogP contribution in [-0.4, -0.2) is 35.5 Å². The summed E-state index contributed by atoms with van der Waals surface area (Å²) in [4.78, 5) is 50.2. The molecule has 0 radical (unpaired) electrons. The first-order valence-corrected chi connectivity index (χ1v) is 10.2. The standard InChI is InChI=1S/C25H19N3O6/c29-19-10-8-18(9-11-19)28-24(32)21(23(31)27-25(28)33)14-16-6-12-20(13-7-16)34-15-22(30)26-17-4-2-1-3-5-17/h1-14,29H,15H2,(H,26,30)(H,27,31,33)/b21-14+. The predicted molar refractivity (Wildman–Crippen MR) is 124 cm³/mol. The highest BCUT2D eigenvalue weighted by Gasteiger charge is 2.36. The van der Waals surface area contributed by atoms with Gasteiger partial charge in [0.05, 0.1) is 5.69 Å². The van der Waals surface area contributed by atoms with E-state index >= 15 is 0 Å². The highest BCUT2D eigenvalue weighted by atomic mass is 16.5. The Balaban J connectivity index is 1.44. The molecule has 3 aromatic carbocycles. The van der Waals surface area contributed by atoms with Crippen LogP contribution in [0.1, 0.15) is 5.56 Å². The van der Waals surface area contributed by atoms with Crippen molar-refractivity contribution in [3.05, 3.63) is 90.0 Å². The Labute approximate surface area is 194 Å². The second-order valence-electron chi connectivity index (χ2n) is 7.25. The number of urea groups is 1. The molecule has 1 saturated heterocycles. The van der Waals surface area contributed by atoms with E-state index in [2.05, 4.69) is 10.6 Å². The minimum Gasteiger partial charge on any atom is -0.508 e. The van der Waals surface area contributed by atoms with Gasteiger partial charge in [0.25, 0.3) is 17.7 Å². The van der Waals surface area contributed by atoms with Gasteiger partial charge < -0.3 is 15.2 Å². The van der Waals surface area contributed by atoms with Crippen LogP contribution in [-0.2, 0) is 14.4 Å². The Kier molecular flexibility index (Phi) is 6.35. The predicted octanol–water partition coefficient (Wildman–Crippen LogP) is 3.08. The monoisotopic (exact) mass is 457 g/mol. The Hall–Kier alpha value is -4.92. The number of phenolic OH excluding ortho intramolecular Hbond substituents is 1. The average molecular weight is 457 g/mol. The largest absolute Gasteiger partial charge is 0.508 e. The van der Waals surface area contributed by atoms with Crippen molar-refractivity contribution in [3.63, 3.8) is 0 Å². The number of hydrogen-bond donors (Lipinski definition) is 3. The van der Waals surface area contributed by atoms with Crippen LogP contribution in [0.2, 0.25) is 0 Å². The molecular formula is C25H19N3O6. The van der Waals surface area contributed by atoms with Crippen molar-refractivity contribution in [3.8, 4) is 11.5 Å². The van der Waals surface area contributed by atoms with Gasteiger partial charge in [0.1, 0.15) is 17.1 Å². The molecule has 34 heavy (non-hydrogen) atoms. The first-order chi connectivity index (χ1) is 16.4. The third-order valence-electron chi connectivity index (χ3n) is 4.83. The molecule has 1 aliphatic rings. The number of carbonyl (C=O) groups excluding carboxylic acids is 4. The lowest BCUT2D eigenvalue weighted by Gasteiger charge is -2.26. The molecule has 3 N–H and O–H groups in total. The number of carbonyl (C=O) groups is 4. The van der Waals surface area contributed by atoms with E-state index in [-0.39, 0.29) is 29.5 Å². The number of ether oxygens (including phenoxy) is 1. The molecule has 0 spiro atoms. The van der Waals surface area contributed by atoms with Gasteiger partial charge in [-0.15, -0.1) is 0 Å². The van der Waals surface area contributed by atoms with Gasteiger partial charge in [-0.3, -0.25) is 19.7 Å². The smallest absolute Gasteiger partial charge is 0.335 e. The number of rotatable bonds is 6. The van der Waals surface area contributed by atoms with Crippen LogP contribution in [0.3, 0.4) is 0 Å². The molecule has 1 aliphatic heterocycles. The summed E-state index contributed by atoms with van der Waals surface area (Å²) in [7, 11) is 0. The van der Waals surface area contributed by atoms with E-state index in [0.717, 1.165) is 4.90 Å². The van der Waals surface area contributed by atoms with Crippen molar-refractivity contribution in [1.82, 2.24) is 5.32 Å². The first-order valence-electron chi connectivity index (χ1n) is 10.2. The number of hydrogen-bond acceptors (Lipinski definition) is 6. The van der Waals surface area contributed by atoms with Gasteiger partial charge in [0, 0.05) is 5.69 Å². The summed E-state index contributed by atoms with van der Waals surface area (Å²) < 4.78 is 5.47. The fraction of sp³-hybridized carbons (Fsp3) is 0.0400. The van der Waals surface area contributed by atoms with E-state index in [1.807, 2.05) is 6.07 Å². The fourth-order valence-corrected chi connectivity index (χ4v) is 3.19. The van der Waals surface area contributed by atoms with E-state index in [9.17, 15) is 24.3 Å². The molecule has 9 nitrogen and oxygen atoms in total. The lowest BCUT2D eigenvalue weighted by atomic mass is 10.1. The number of barbiturate groups is 1. The number of benzene rings is 3. The van der Waals surface area contributed by atoms with Gasteiger partial charge in [-0.2, -0.15) is 0 Å². The van der Waals surface area contributed by atoms with Crippen molar-refractivity contribution in [2.45, 2.75) is 0 Å². The molecule has 170 valence electrons. The Morgan fingerprint density at radius 3 is 2.29 bits per heavy atom. The van der Waals surface area contributed by atoms with Gasteiger partial charge >= 0.3 is 6.03 Å². The highest BCUT2D eigenvalue weighted by Crippen LogP contribution is 2.24. The van der Waals surface area contributed by atoms with E-state index in [0.29, 0.717) is 17.0 Å². The second kappa shape index (κ2) is 9.70. The Morgan fingerprint density at radius 2 is 1.62 bits per heavy atom. The minimum atomic E-state index is -0.879. The fourth-order valence-electron chi connectivity index (χ4n) is 3.19. The summed E-state index contributed by atoms with van der Waals surface area (Å²) in [5, 5.41) is 14.3. The van der Waals surface area contributed by atoms with Crippen molar-refractivity contribution in [1.29, 1.82) is 0 Å². The molecule has 1 heterocycles. The van der Waals surface area contributed by atoms with Crippen molar-refractivity contribution in [2.24, 2.45) is 0 Å². The number of amides is 5. The quantitative estimate of drug-likeness (QED) is 0.386. The van der Waals surface area contributed by atoms with Crippen LogP contribution in [0.5, 0.6) is 11.5 Å². The molecule has 1 fully saturated rings. The molecule has 0 saturated carbocycles. The van der Waals surface area contributed by atoms with Gasteiger partial charge in [0.15, 0.2) is 6.61 Å². The van der Waals surface area contributed by atoms with Crippen molar-refractivity contribution >= 4 is 41.2 Å². The van der Waals surface area contributed by atoms with Crippen LogP contribution in [0.25, 0.3) is 6.08 Å². The Morgan fingerprint density at radius 1 is 0.941 bits per heavy atom. The van der Waals surface area contributed by atoms with Gasteiger partial charge in [-0.1, -0.05) is 30.3 Å². The molecule has 4 rings (SSSR count). The number of phenols is 1. The summed E-state index contributed by atoms with van der Waals surface area (Å²) in [5.74, 6) is -1.54. The summed E-state index contributed by atoms with van der Waals surface area (Å²) in [6, 6.07) is 19.9. The van der Waals surface area contributed by atoms with Crippen LogP contribution >= 0.6 is 0 Å². The van der Waals surface area contributed by atoms with Gasteiger partial charge in [0.2, 0.25) is 0 Å². The third-order valence-corrected chi connectivity index (χ3v) is 4.83. The maximum atomic E-state index is 12.9. The number of imide groups is 2. The van der Waals surface area contributed by atoms with E-state index < -0.39 is 17.8 Å². The molecule has 3 aromatic rings. The lowest BCUT2D eigenvalue weighted by molar-refractivity contribution is -0.122. The van der Waals surface area contributed by atoms with Crippen molar-refractivity contribution < 1.29 is 29.0 Å². The number of nitrogens with one attached hydrogen (secondary N) is 2. The highest BCUT2D eigenvalue weighted by molar-refractivity contribution is 6.39. The van der Waals surface area contributed by atoms with E-state index in [4.69, 9.17) is 4.74 Å². The molecule has 0 atom stereocenters. The third kappa shape index (κ3) is 5.10. The molecule has 0 aliphatic carbocycles. The number of nitrogens with zero attached hydrogens (tertiary/aromatic N) is 1. The molecular weight excluding hydrogens is 438 g/mol. The first kappa shape index (κ1) is 22.3. The summed E-state index contributed by atoms with van der Waals surface area (Å²) in [5.41, 5.74) is 1.15. The number of para-hydroxylation sites is 1. The van der Waals surface area contributed by atoms with Gasteiger partial charge in [-0.05, 0) is 60.2 Å². The van der Waals surface area contributed by atoms with Crippen molar-refractivity contribution in [2.75, 3.05) is 16.8 Å². The maximum absolute atomic E-state index is 12.9. The molecule has 0 bridgehead atoms. The zero-order valence-corrected chi connectivity index (χ0v) is 17.7. The molecule has 0 unspecified atom stereocenters. The zero-order valence-electron chi connectivity index (χ0n) is 17.7. The zero-order chi connectivity index (χ0) is 24.1. The SMILES string of the molecule is O=C(COc1ccc(/C=C2\C(=O)NC(=O)N(c3ccc(O)cc3)C2=O)cc1)Nc1ccccc1. The topological polar surface area (TPSA) is 125 Å². The maximum Gasteiger partial charge on any atom is 0.335 e. The minimum absolute atomic E-state index is 0.0275. The van der Waals surface area contributed by atoms with Crippen LogP contribution in [0.15, 0.2) is 84.4 Å². The molecule has 0 aromatic heterocycles. The summed E-state index contributed by atoms with van der Waals surface area (Å²) in [6.07, 6.45) is 1.35. The summed E-state index contributed by atoms with van der Waals surface area (Å²) in [6.45, 7) is -0.195. The average Bonchev–Trinajstić information content (AvgIpc) is 2.83. The number of aromatic hydroxyl groups is 1. The molecule has 5 amide bonds. The van der Waals surface area contributed by atoms with Gasteiger partial charge in [-0.25, -0.2) is 9.69 Å². The van der Waals surface area contributed by atoms with Crippen LogP contribution in [0.4, 0.5) is 16.2 Å². The van der Waals surface area contributed by atoms with E-state index in [1.165, 1.54) is 30.3 Å². The van der Waals surface area contributed by atoms with E-state index in [1.54, 1.807) is 48.5 Å². The van der Waals surface area contributed by atoms with Crippen LogP contribution in [0, 0.1) is 0 Å². The number of anilines is 2. The molecule has 9 heteroatoms. The normalized spacial score (nSPS) is 14.6. The lowest BCUT2D eigenvalue weighted by Crippen LogP contribution is -2.54.